The van der Waals surface area contributed by atoms with Gasteiger partial charge in [0.25, 0.3) is 0 Å². The summed E-state index contributed by atoms with van der Waals surface area (Å²) >= 11 is 0. The molecule has 2 aliphatic rings. The summed E-state index contributed by atoms with van der Waals surface area (Å²) in [7, 11) is 0. The van der Waals surface area contributed by atoms with Crippen LogP contribution in [-0.4, -0.2) is 12.2 Å². The van der Waals surface area contributed by atoms with Crippen LogP contribution in [0, 0.1) is 22.7 Å². The highest BCUT2D eigenvalue weighted by Crippen LogP contribution is 2.37. The number of isocyanates is 2. The third-order valence-corrected chi connectivity index (χ3v) is 3.97. The first-order chi connectivity index (χ1) is 8.79. The second-order valence-corrected chi connectivity index (χ2v) is 5.00. The van der Waals surface area contributed by atoms with Gasteiger partial charge in [-0.15, -0.1) is 0 Å². The van der Waals surface area contributed by atoms with Crippen molar-refractivity contribution in [3.63, 3.8) is 0 Å². The molecule has 0 aromatic rings. The van der Waals surface area contributed by atoms with Gasteiger partial charge in [0.15, 0.2) is 0 Å². The van der Waals surface area contributed by atoms with Crippen molar-refractivity contribution in [2.75, 3.05) is 0 Å². The zero-order valence-electron chi connectivity index (χ0n) is 11.0. The van der Waals surface area contributed by atoms with E-state index in [2.05, 4.69) is 0 Å². The predicted octanol–water partition coefficient (Wildman–Crippen LogP) is 4.59. The molecule has 2 rings (SSSR count). The minimum absolute atomic E-state index is 0. The maximum Gasteiger partial charge on any atom is 0.231 e. The van der Waals surface area contributed by atoms with Gasteiger partial charge in [0, 0.05) is 0 Å². The molecule has 0 spiro atoms. The van der Waals surface area contributed by atoms with Crippen molar-refractivity contribution in [3.8, 4) is 0 Å². The molecule has 2 fully saturated rings. The van der Waals surface area contributed by atoms with E-state index < -0.39 is 0 Å². The molecule has 0 bridgehead atoms. The molecule has 0 saturated heterocycles. The van der Waals surface area contributed by atoms with Gasteiger partial charge in [-0.3, -0.25) is 0 Å². The Balaban J connectivity index is 0. The van der Waals surface area contributed by atoms with Crippen LogP contribution in [0.3, 0.4) is 0 Å². The summed E-state index contributed by atoms with van der Waals surface area (Å²) in [5, 5.41) is 10.8. The number of nitrogens with one attached hydrogen (secondary N) is 2. The molecule has 0 atom stereocenters. The largest absolute Gasteiger partial charge is 0.231 e. The van der Waals surface area contributed by atoms with Gasteiger partial charge in [-0.25, -0.2) is 20.4 Å². The third-order valence-electron chi connectivity index (χ3n) is 3.97. The third kappa shape index (κ3) is 10.4. The van der Waals surface area contributed by atoms with Crippen LogP contribution in [0.4, 0.5) is 0 Å². The molecule has 19 heavy (non-hydrogen) atoms. The van der Waals surface area contributed by atoms with Gasteiger partial charge in [-0.2, -0.15) is 0 Å². The molecule has 2 N–H and O–H groups in total. The van der Waals surface area contributed by atoms with Crippen molar-refractivity contribution >= 4 is 12.2 Å². The molecule has 0 aromatic carbocycles. The first kappa shape index (κ1) is 20.1. The zero-order valence-corrected chi connectivity index (χ0v) is 11.0. The van der Waals surface area contributed by atoms with E-state index in [4.69, 9.17) is 20.4 Å². The van der Waals surface area contributed by atoms with Gasteiger partial charge < -0.3 is 0 Å². The van der Waals surface area contributed by atoms with Crippen LogP contribution in [0.25, 0.3) is 0 Å². The molecule has 0 radical (unpaired) electrons. The summed E-state index contributed by atoms with van der Waals surface area (Å²) in [6.07, 6.45) is 16.9. The monoisotopic (exact) mass is 268 g/mol. The van der Waals surface area contributed by atoms with E-state index >= 15 is 0 Å². The van der Waals surface area contributed by atoms with Crippen LogP contribution >= 0.6 is 0 Å². The number of hydrogen-bond acceptors (Lipinski definition) is 4. The molecule has 4 nitrogen and oxygen atoms in total. The standard InChI is InChI=1S/C12H22.2CHNO.CH4/c1-3-7-11(8-4-1)12-9-5-2-6-10-12;2*2-1-3;/h11-12H,1-10H2;2*2H;1H4. The van der Waals surface area contributed by atoms with E-state index in [0.717, 1.165) is 24.0 Å². The van der Waals surface area contributed by atoms with Crippen LogP contribution in [-0.2, 0) is 9.59 Å². The Bertz CT molecular complexity index is 227. The van der Waals surface area contributed by atoms with Crippen LogP contribution in [0.15, 0.2) is 0 Å². The maximum atomic E-state index is 8.35. The van der Waals surface area contributed by atoms with Crippen molar-refractivity contribution in [1.29, 1.82) is 10.8 Å². The van der Waals surface area contributed by atoms with Crippen molar-refractivity contribution in [2.24, 2.45) is 11.8 Å². The molecular weight excluding hydrogens is 240 g/mol. The average molecular weight is 268 g/mol. The van der Waals surface area contributed by atoms with Crippen LogP contribution in [0.1, 0.15) is 71.6 Å². The lowest BCUT2D eigenvalue weighted by Gasteiger charge is -2.32. The van der Waals surface area contributed by atoms with E-state index in [1.54, 1.807) is 25.7 Å². The average Bonchev–Trinajstić information content (AvgIpc) is 2.43. The van der Waals surface area contributed by atoms with Gasteiger partial charge >= 0.3 is 0 Å². The van der Waals surface area contributed by atoms with E-state index in [1.807, 2.05) is 0 Å². The first-order valence-electron chi connectivity index (χ1n) is 6.87. The molecule has 2 aliphatic carbocycles. The Hall–Kier alpha value is -1.24. The van der Waals surface area contributed by atoms with E-state index in [9.17, 15) is 0 Å². The summed E-state index contributed by atoms with van der Waals surface area (Å²) in [6, 6.07) is 0. The summed E-state index contributed by atoms with van der Waals surface area (Å²) in [6.45, 7) is 0. The fourth-order valence-corrected chi connectivity index (χ4v) is 3.21. The number of carbonyl (C=O) groups excluding carboxylic acids is 2. The fraction of sp³-hybridized carbons (Fsp3) is 0.867. The zero-order chi connectivity index (χ0) is 13.6. The number of hydrogen-bond donors (Lipinski definition) is 2. The van der Waals surface area contributed by atoms with Crippen LogP contribution in [0.2, 0.25) is 0 Å². The summed E-state index contributed by atoms with van der Waals surface area (Å²) < 4.78 is 0. The smallest absolute Gasteiger partial charge is 0.222 e. The lowest BCUT2D eigenvalue weighted by atomic mass is 9.73. The Kier molecular flexibility index (Phi) is 15.7. The lowest BCUT2D eigenvalue weighted by molar-refractivity contribution is 0.196. The highest BCUT2D eigenvalue weighted by Gasteiger charge is 2.24. The normalized spacial score (nSPS) is 19.2. The van der Waals surface area contributed by atoms with E-state index in [0.29, 0.717) is 0 Å². The Morgan fingerprint density at radius 3 is 1.05 bits per heavy atom. The molecule has 0 amide bonds. The molecular formula is C15H28N2O2. The molecule has 0 aliphatic heterocycles. The van der Waals surface area contributed by atoms with Crippen molar-refractivity contribution in [2.45, 2.75) is 71.6 Å². The Morgan fingerprint density at radius 2 is 0.842 bits per heavy atom. The number of rotatable bonds is 1. The predicted molar refractivity (Wildman–Crippen MR) is 76.7 cm³/mol. The van der Waals surface area contributed by atoms with Crippen LogP contribution in [0.5, 0.6) is 0 Å². The van der Waals surface area contributed by atoms with E-state index in [-0.39, 0.29) is 7.43 Å². The van der Waals surface area contributed by atoms with Crippen molar-refractivity contribution in [1.82, 2.24) is 0 Å². The first-order valence-corrected chi connectivity index (χ1v) is 6.87. The Morgan fingerprint density at radius 1 is 0.632 bits per heavy atom. The Labute approximate surface area is 117 Å². The second kappa shape index (κ2) is 14.8. The molecule has 110 valence electrons. The summed E-state index contributed by atoms with van der Waals surface area (Å²) in [5.74, 6) is 2.28. The van der Waals surface area contributed by atoms with Crippen LogP contribution < -0.4 is 0 Å². The highest BCUT2D eigenvalue weighted by atomic mass is 16.1. The quantitative estimate of drug-likeness (QED) is 0.539. The minimum atomic E-state index is 0. The second-order valence-electron chi connectivity index (χ2n) is 5.00. The SMILES string of the molecule is C.C1CCC(C2CCCCC2)CC1.N=C=O.N=C=O. The summed E-state index contributed by atoms with van der Waals surface area (Å²) in [4.78, 5) is 16.7. The van der Waals surface area contributed by atoms with Gasteiger partial charge in [0.1, 0.15) is 0 Å². The van der Waals surface area contributed by atoms with Crippen molar-refractivity contribution < 1.29 is 9.59 Å². The highest BCUT2D eigenvalue weighted by molar-refractivity contribution is 5.26. The van der Waals surface area contributed by atoms with Gasteiger partial charge in [-0.05, 0) is 11.8 Å². The molecule has 4 heteroatoms. The van der Waals surface area contributed by atoms with Gasteiger partial charge in [-0.1, -0.05) is 71.6 Å². The van der Waals surface area contributed by atoms with Crippen molar-refractivity contribution in [3.05, 3.63) is 0 Å². The van der Waals surface area contributed by atoms with Gasteiger partial charge in [0.05, 0.1) is 0 Å². The molecule has 2 saturated carbocycles. The molecule has 0 heterocycles. The minimum Gasteiger partial charge on any atom is -0.222 e. The van der Waals surface area contributed by atoms with E-state index in [1.165, 1.54) is 38.5 Å². The molecule has 0 unspecified atom stereocenters. The lowest BCUT2D eigenvalue weighted by Crippen LogP contribution is -2.20. The topological polar surface area (TPSA) is 81.8 Å². The fourth-order valence-electron chi connectivity index (χ4n) is 3.21. The van der Waals surface area contributed by atoms with Gasteiger partial charge in [0.2, 0.25) is 12.2 Å². The molecule has 0 aromatic heterocycles. The maximum absolute atomic E-state index is 8.35. The summed E-state index contributed by atoms with van der Waals surface area (Å²) in [5.41, 5.74) is 0.